The van der Waals surface area contributed by atoms with E-state index in [-0.39, 0.29) is 18.2 Å². The number of halogens is 6. The van der Waals surface area contributed by atoms with Crippen LogP contribution in [0.5, 0.6) is 0 Å². The molecule has 2 unspecified atom stereocenters. The van der Waals surface area contributed by atoms with Gasteiger partial charge in [-0.25, -0.2) is 13.2 Å². The van der Waals surface area contributed by atoms with E-state index < -0.39 is 77.4 Å². The smallest absolute Gasteiger partial charge is 0.347 e. The molecule has 3 rings (SSSR count). The minimum Gasteiger partial charge on any atom is -0.347 e. The summed E-state index contributed by atoms with van der Waals surface area (Å²) in [4.78, 5) is 36.9. The molecule has 2 aromatic rings. The molecular weight excluding hydrogens is 508 g/mol. The highest BCUT2D eigenvalue weighted by molar-refractivity contribution is 5.98. The van der Waals surface area contributed by atoms with Crippen LogP contribution in [0.4, 0.5) is 32.0 Å². The number of benzene rings is 1. The lowest BCUT2D eigenvalue weighted by Crippen LogP contribution is -2.55. The second kappa shape index (κ2) is 10.4. The number of hydrogen-bond acceptors (Lipinski definition) is 4. The molecule has 1 aromatic carbocycles. The van der Waals surface area contributed by atoms with Crippen LogP contribution in [0, 0.1) is 5.82 Å². The first-order valence-electron chi connectivity index (χ1n) is 11.3. The SMILES string of the molecule is CC(C(=O)NC1CCC1(F)F)c1cc(F)c(NC(=O)CNC(=O)c2ccnn2C(C)C)cc1C(F)(F)F. The lowest BCUT2D eigenvalue weighted by Gasteiger charge is -2.37. The largest absolute Gasteiger partial charge is 0.416 e. The van der Waals surface area contributed by atoms with Gasteiger partial charge >= 0.3 is 6.18 Å². The highest BCUT2D eigenvalue weighted by atomic mass is 19.4. The lowest BCUT2D eigenvalue weighted by molar-refractivity contribution is -0.140. The highest BCUT2D eigenvalue weighted by Gasteiger charge is 2.49. The molecule has 3 amide bonds. The number of nitrogens with one attached hydrogen (secondary N) is 3. The van der Waals surface area contributed by atoms with Crippen LogP contribution in [0.25, 0.3) is 0 Å². The molecule has 2 atom stereocenters. The minimum absolute atomic E-state index is 0.0345. The first-order chi connectivity index (χ1) is 17.1. The maximum absolute atomic E-state index is 14.7. The van der Waals surface area contributed by atoms with Gasteiger partial charge in [-0.1, -0.05) is 0 Å². The van der Waals surface area contributed by atoms with Gasteiger partial charge in [-0.3, -0.25) is 19.1 Å². The second-order valence-corrected chi connectivity index (χ2v) is 8.99. The van der Waals surface area contributed by atoms with Gasteiger partial charge in [-0.15, -0.1) is 0 Å². The summed E-state index contributed by atoms with van der Waals surface area (Å²) in [6.45, 7) is 3.90. The van der Waals surface area contributed by atoms with Gasteiger partial charge in [0.25, 0.3) is 11.8 Å². The number of nitrogens with zero attached hydrogens (tertiary/aromatic N) is 2. The van der Waals surface area contributed by atoms with Gasteiger partial charge in [0, 0.05) is 18.7 Å². The second-order valence-electron chi connectivity index (χ2n) is 8.99. The highest BCUT2D eigenvalue weighted by Crippen LogP contribution is 2.40. The van der Waals surface area contributed by atoms with Crippen LogP contribution in [0.2, 0.25) is 0 Å². The van der Waals surface area contributed by atoms with Crippen molar-refractivity contribution < 1.29 is 40.7 Å². The van der Waals surface area contributed by atoms with E-state index in [9.17, 15) is 40.7 Å². The van der Waals surface area contributed by atoms with Crippen molar-refractivity contribution in [1.29, 1.82) is 0 Å². The molecule has 1 saturated carbocycles. The summed E-state index contributed by atoms with van der Waals surface area (Å²) in [7, 11) is 0. The summed E-state index contributed by atoms with van der Waals surface area (Å²) in [5.74, 6) is -8.86. The Balaban J connectivity index is 1.74. The predicted molar refractivity (Wildman–Crippen MR) is 120 cm³/mol. The summed E-state index contributed by atoms with van der Waals surface area (Å²) >= 11 is 0. The van der Waals surface area contributed by atoms with Crippen LogP contribution >= 0.6 is 0 Å². The van der Waals surface area contributed by atoms with Crippen molar-refractivity contribution in [3.63, 3.8) is 0 Å². The summed E-state index contributed by atoms with van der Waals surface area (Å²) in [6, 6.07) is 0.494. The zero-order valence-corrected chi connectivity index (χ0v) is 20.0. The summed E-state index contributed by atoms with van der Waals surface area (Å²) in [6.07, 6.45) is -4.16. The average Bonchev–Trinajstić information content (AvgIpc) is 3.30. The normalized spacial score (nSPS) is 17.6. The number of alkyl halides is 5. The van der Waals surface area contributed by atoms with Gasteiger partial charge in [0.05, 0.1) is 29.8 Å². The van der Waals surface area contributed by atoms with E-state index in [4.69, 9.17) is 0 Å². The van der Waals surface area contributed by atoms with E-state index in [2.05, 4.69) is 10.4 Å². The maximum Gasteiger partial charge on any atom is 0.416 e. The Hall–Kier alpha value is -3.58. The number of carbonyl (C=O) groups excluding carboxylic acids is 3. The van der Waals surface area contributed by atoms with Gasteiger partial charge in [0.1, 0.15) is 11.5 Å². The molecule has 0 aliphatic heterocycles. The third-order valence-corrected chi connectivity index (χ3v) is 5.97. The average molecular weight is 533 g/mol. The molecule has 0 radical (unpaired) electrons. The van der Waals surface area contributed by atoms with Crippen molar-refractivity contribution >= 4 is 23.4 Å². The number of rotatable bonds is 8. The fourth-order valence-electron chi connectivity index (χ4n) is 3.76. The Morgan fingerprint density at radius 1 is 1.19 bits per heavy atom. The number of anilines is 1. The molecule has 1 aliphatic rings. The van der Waals surface area contributed by atoms with Crippen molar-refractivity contribution in [3.05, 3.63) is 47.0 Å². The zero-order chi connectivity index (χ0) is 27.7. The number of carbonyl (C=O) groups is 3. The van der Waals surface area contributed by atoms with E-state index in [0.29, 0.717) is 12.1 Å². The molecule has 37 heavy (non-hydrogen) atoms. The van der Waals surface area contributed by atoms with Crippen molar-refractivity contribution in [2.45, 2.75) is 63.7 Å². The number of amides is 3. The molecule has 1 heterocycles. The van der Waals surface area contributed by atoms with Crippen molar-refractivity contribution in [2.75, 3.05) is 11.9 Å². The van der Waals surface area contributed by atoms with E-state index in [0.717, 1.165) is 6.92 Å². The molecule has 3 N–H and O–H groups in total. The van der Waals surface area contributed by atoms with E-state index in [1.54, 1.807) is 13.8 Å². The van der Waals surface area contributed by atoms with Crippen molar-refractivity contribution in [2.24, 2.45) is 0 Å². The predicted octanol–water partition coefficient (Wildman–Crippen LogP) is 4.01. The maximum atomic E-state index is 14.7. The summed E-state index contributed by atoms with van der Waals surface area (Å²) in [5, 5.41) is 10.2. The Morgan fingerprint density at radius 3 is 2.41 bits per heavy atom. The summed E-state index contributed by atoms with van der Waals surface area (Å²) in [5.41, 5.74) is -2.89. The molecule has 1 aliphatic carbocycles. The van der Waals surface area contributed by atoms with Crippen LogP contribution in [0.1, 0.15) is 67.2 Å². The number of hydrogen-bond donors (Lipinski definition) is 3. The topological polar surface area (TPSA) is 105 Å². The van der Waals surface area contributed by atoms with Crippen molar-refractivity contribution in [3.8, 4) is 0 Å². The standard InChI is InChI=1S/C23H25F6N5O3/c1-11(2)34-17(5-7-31-34)21(37)30-10-19(35)32-16-9-14(23(27,28)29)13(8-15(16)24)12(3)20(36)33-18-4-6-22(18,25)26/h5,7-9,11-12,18H,4,6,10H2,1-3H3,(H,30,37)(H,32,35)(H,33,36). The molecule has 0 bridgehead atoms. The van der Waals surface area contributed by atoms with Crippen LogP contribution in [0.3, 0.4) is 0 Å². The molecule has 1 fully saturated rings. The van der Waals surface area contributed by atoms with Gasteiger partial charge in [0.15, 0.2) is 0 Å². The van der Waals surface area contributed by atoms with Gasteiger partial charge in [-0.2, -0.15) is 18.3 Å². The van der Waals surface area contributed by atoms with Crippen LogP contribution < -0.4 is 16.0 Å². The fourth-order valence-corrected chi connectivity index (χ4v) is 3.76. The quantitative estimate of drug-likeness (QED) is 0.446. The Morgan fingerprint density at radius 2 is 1.86 bits per heavy atom. The van der Waals surface area contributed by atoms with Crippen LogP contribution in [0.15, 0.2) is 24.4 Å². The van der Waals surface area contributed by atoms with Gasteiger partial charge in [0.2, 0.25) is 11.8 Å². The lowest BCUT2D eigenvalue weighted by atomic mass is 9.86. The molecule has 1 aromatic heterocycles. The van der Waals surface area contributed by atoms with E-state index >= 15 is 0 Å². The molecule has 14 heteroatoms. The molecule has 202 valence electrons. The van der Waals surface area contributed by atoms with Crippen LogP contribution in [-0.2, 0) is 15.8 Å². The number of aromatic nitrogens is 2. The minimum atomic E-state index is -5.05. The van der Waals surface area contributed by atoms with E-state index in [1.165, 1.54) is 16.9 Å². The van der Waals surface area contributed by atoms with Gasteiger partial charge in [-0.05, 0) is 51.0 Å². The Labute approximate surface area is 207 Å². The Bertz CT molecular complexity index is 1190. The molecule has 0 spiro atoms. The van der Waals surface area contributed by atoms with Gasteiger partial charge < -0.3 is 16.0 Å². The third-order valence-electron chi connectivity index (χ3n) is 5.97. The first-order valence-corrected chi connectivity index (χ1v) is 11.3. The monoisotopic (exact) mass is 533 g/mol. The molecular formula is C23H25F6N5O3. The fraction of sp³-hybridized carbons (Fsp3) is 0.478. The molecule has 0 saturated heterocycles. The Kier molecular flexibility index (Phi) is 7.89. The zero-order valence-electron chi connectivity index (χ0n) is 20.0. The van der Waals surface area contributed by atoms with Crippen molar-refractivity contribution in [1.82, 2.24) is 20.4 Å². The molecule has 8 nitrogen and oxygen atoms in total. The first kappa shape index (κ1) is 28.0. The third kappa shape index (κ3) is 6.23. The summed E-state index contributed by atoms with van der Waals surface area (Å²) < 4.78 is 84.2. The van der Waals surface area contributed by atoms with Crippen LogP contribution in [-0.4, -0.2) is 46.0 Å². The van der Waals surface area contributed by atoms with E-state index in [1.807, 2.05) is 10.6 Å².